The van der Waals surface area contributed by atoms with E-state index in [1.54, 1.807) is 24.3 Å². The van der Waals surface area contributed by atoms with Gasteiger partial charge in [0.15, 0.2) is 17.3 Å². The van der Waals surface area contributed by atoms with Gasteiger partial charge in [-0.05, 0) is 42.0 Å². The van der Waals surface area contributed by atoms with Gasteiger partial charge in [0, 0.05) is 17.1 Å². The van der Waals surface area contributed by atoms with E-state index >= 15 is 0 Å². The van der Waals surface area contributed by atoms with E-state index in [0.717, 1.165) is 17.1 Å². The number of fused-ring (bicyclic) bond motifs is 1. The van der Waals surface area contributed by atoms with Crippen molar-refractivity contribution in [3.63, 3.8) is 0 Å². The van der Waals surface area contributed by atoms with Gasteiger partial charge in [0.05, 0.1) is 6.54 Å². The molecule has 21 heavy (non-hydrogen) atoms. The van der Waals surface area contributed by atoms with E-state index < -0.39 is 0 Å². The van der Waals surface area contributed by atoms with Crippen LogP contribution in [0.4, 0.5) is 0 Å². The van der Waals surface area contributed by atoms with Crippen LogP contribution in [-0.2, 0) is 6.54 Å². The average Bonchev–Trinajstić information content (AvgIpc) is 2.95. The summed E-state index contributed by atoms with van der Waals surface area (Å²) in [6.45, 7) is 1.13. The van der Waals surface area contributed by atoms with Crippen molar-refractivity contribution in [2.75, 3.05) is 13.3 Å². The summed E-state index contributed by atoms with van der Waals surface area (Å²) in [6.07, 6.45) is 0. The van der Waals surface area contributed by atoms with Gasteiger partial charge in [-0.3, -0.25) is 4.79 Å². The minimum Gasteiger partial charge on any atom is -0.454 e. The fourth-order valence-electron chi connectivity index (χ4n) is 2.11. The maximum Gasteiger partial charge on any atom is 0.231 e. The number of ether oxygens (including phenoxy) is 2. The summed E-state index contributed by atoms with van der Waals surface area (Å²) in [5.41, 5.74) is 1.70. The zero-order chi connectivity index (χ0) is 14.7. The molecule has 0 saturated carbocycles. The molecule has 0 bridgehead atoms. The lowest BCUT2D eigenvalue weighted by molar-refractivity contribution is 0.0991. The number of nitrogens with one attached hydrogen (secondary N) is 1. The van der Waals surface area contributed by atoms with Gasteiger partial charge in [-0.1, -0.05) is 17.7 Å². The third kappa shape index (κ3) is 3.35. The minimum absolute atomic E-state index is 0.0346. The number of benzene rings is 2. The standard InChI is InChI=1S/C16H14ClNO3/c17-13-4-2-12(3-5-13)14(19)9-18-8-11-1-6-15-16(7-11)21-10-20-15/h1-7,18H,8-10H2. The lowest BCUT2D eigenvalue weighted by Crippen LogP contribution is -2.22. The average molecular weight is 304 g/mol. The van der Waals surface area contributed by atoms with Gasteiger partial charge >= 0.3 is 0 Å². The monoisotopic (exact) mass is 303 g/mol. The summed E-state index contributed by atoms with van der Waals surface area (Å²) in [4.78, 5) is 12.0. The van der Waals surface area contributed by atoms with Crippen molar-refractivity contribution in [1.29, 1.82) is 0 Å². The van der Waals surface area contributed by atoms with Crippen LogP contribution in [0.5, 0.6) is 11.5 Å². The predicted molar refractivity (Wildman–Crippen MR) is 80.1 cm³/mol. The van der Waals surface area contributed by atoms with Crippen molar-refractivity contribution in [2.24, 2.45) is 0 Å². The Morgan fingerprint density at radius 3 is 2.67 bits per heavy atom. The maximum atomic E-state index is 12.0. The van der Waals surface area contributed by atoms with Gasteiger partial charge in [0.2, 0.25) is 6.79 Å². The molecule has 0 amide bonds. The van der Waals surface area contributed by atoms with Crippen LogP contribution in [0.1, 0.15) is 15.9 Å². The Kier molecular flexibility index (Phi) is 4.08. The molecule has 0 aliphatic carbocycles. The second-order valence-corrected chi connectivity index (χ2v) is 5.16. The molecule has 0 atom stereocenters. The molecule has 0 saturated heterocycles. The highest BCUT2D eigenvalue weighted by atomic mass is 35.5. The Morgan fingerprint density at radius 1 is 1.10 bits per heavy atom. The summed E-state index contributed by atoms with van der Waals surface area (Å²) >= 11 is 5.80. The molecule has 0 radical (unpaired) electrons. The van der Waals surface area contributed by atoms with Crippen molar-refractivity contribution in [3.05, 3.63) is 58.6 Å². The summed E-state index contributed by atoms with van der Waals surface area (Å²) in [5, 5.41) is 3.75. The van der Waals surface area contributed by atoms with Gasteiger partial charge in [-0.15, -0.1) is 0 Å². The molecule has 0 fully saturated rings. The largest absolute Gasteiger partial charge is 0.454 e. The van der Waals surface area contributed by atoms with Crippen molar-refractivity contribution in [1.82, 2.24) is 5.32 Å². The van der Waals surface area contributed by atoms with Crippen LogP contribution < -0.4 is 14.8 Å². The molecule has 2 aromatic carbocycles. The molecule has 3 rings (SSSR count). The molecule has 1 heterocycles. The fourth-order valence-corrected chi connectivity index (χ4v) is 2.24. The molecule has 0 spiro atoms. The Balaban J connectivity index is 1.54. The van der Waals surface area contributed by atoms with Gasteiger partial charge in [-0.25, -0.2) is 0 Å². The number of carbonyl (C=O) groups is 1. The Labute approximate surface area is 127 Å². The number of halogens is 1. The van der Waals surface area contributed by atoms with E-state index in [2.05, 4.69) is 5.32 Å². The lowest BCUT2D eigenvalue weighted by Gasteiger charge is -2.06. The number of hydrogen-bond acceptors (Lipinski definition) is 4. The summed E-state index contributed by atoms with van der Waals surface area (Å²) in [7, 11) is 0. The first-order chi connectivity index (χ1) is 10.2. The molecule has 0 unspecified atom stereocenters. The highest BCUT2D eigenvalue weighted by molar-refractivity contribution is 6.30. The number of ketones is 1. The Bertz CT molecular complexity index is 655. The molecular formula is C16H14ClNO3. The van der Waals surface area contributed by atoms with Gasteiger partial charge in [-0.2, -0.15) is 0 Å². The molecule has 0 aromatic heterocycles. The van der Waals surface area contributed by atoms with E-state index in [9.17, 15) is 4.79 Å². The minimum atomic E-state index is 0.0346. The first kappa shape index (κ1) is 13.9. The molecule has 2 aromatic rings. The van der Waals surface area contributed by atoms with Crippen LogP contribution in [0, 0.1) is 0 Å². The quantitative estimate of drug-likeness (QED) is 0.863. The Morgan fingerprint density at radius 2 is 1.86 bits per heavy atom. The van der Waals surface area contributed by atoms with Crippen LogP contribution in [0.2, 0.25) is 5.02 Å². The van der Waals surface area contributed by atoms with Gasteiger partial charge in [0.25, 0.3) is 0 Å². The SMILES string of the molecule is O=C(CNCc1ccc2c(c1)OCO2)c1ccc(Cl)cc1. The first-order valence-corrected chi connectivity index (χ1v) is 6.98. The van der Waals surface area contributed by atoms with Crippen molar-refractivity contribution >= 4 is 17.4 Å². The predicted octanol–water partition coefficient (Wildman–Crippen LogP) is 3.04. The number of hydrogen-bond donors (Lipinski definition) is 1. The van der Waals surface area contributed by atoms with Crippen molar-refractivity contribution in [2.45, 2.75) is 6.54 Å². The highest BCUT2D eigenvalue weighted by Gasteiger charge is 2.13. The zero-order valence-corrected chi connectivity index (χ0v) is 12.0. The molecular weight excluding hydrogens is 290 g/mol. The molecule has 1 aliphatic rings. The second kappa shape index (κ2) is 6.16. The van der Waals surface area contributed by atoms with Crippen molar-refractivity contribution < 1.29 is 14.3 Å². The zero-order valence-electron chi connectivity index (χ0n) is 11.3. The maximum absolute atomic E-state index is 12.0. The lowest BCUT2D eigenvalue weighted by atomic mass is 10.1. The number of carbonyl (C=O) groups excluding carboxylic acids is 1. The fraction of sp³-hybridized carbons (Fsp3) is 0.188. The third-order valence-corrected chi connectivity index (χ3v) is 3.47. The second-order valence-electron chi connectivity index (χ2n) is 4.72. The van der Waals surface area contributed by atoms with Crippen LogP contribution in [0.25, 0.3) is 0 Å². The number of Topliss-reactive ketones (excluding diaryl/α,β-unsaturated/α-hetero) is 1. The van der Waals surface area contributed by atoms with Crippen LogP contribution in [0.3, 0.4) is 0 Å². The molecule has 4 nitrogen and oxygen atoms in total. The molecule has 1 N–H and O–H groups in total. The van der Waals surface area contributed by atoms with E-state index in [-0.39, 0.29) is 19.1 Å². The van der Waals surface area contributed by atoms with E-state index in [1.807, 2.05) is 18.2 Å². The van der Waals surface area contributed by atoms with Crippen LogP contribution >= 0.6 is 11.6 Å². The van der Waals surface area contributed by atoms with E-state index in [4.69, 9.17) is 21.1 Å². The van der Waals surface area contributed by atoms with E-state index in [0.29, 0.717) is 17.1 Å². The van der Waals surface area contributed by atoms with E-state index in [1.165, 1.54) is 0 Å². The summed E-state index contributed by atoms with van der Waals surface area (Å²) in [6, 6.07) is 12.6. The number of rotatable bonds is 5. The molecule has 1 aliphatic heterocycles. The van der Waals surface area contributed by atoms with Crippen LogP contribution in [-0.4, -0.2) is 19.1 Å². The smallest absolute Gasteiger partial charge is 0.231 e. The summed E-state index contributed by atoms with van der Waals surface area (Å²) in [5.74, 6) is 1.54. The topological polar surface area (TPSA) is 47.6 Å². The van der Waals surface area contributed by atoms with Gasteiger partial charge in [0.1, 0.15) is 0 Å². The van der Waals surface area contributed by atoms with Crippen LogP contribution in [0.15, 0.2) is 42.5 Å². The highest BCUT2D eigenvalue weighted by Crippen LogP contribution is 2.32. The molecule has 5 heteroatoms. The Hall–Kier alpha value is -2.04. The van der Waals surface area contributed by atoms with Gasteiger partial charge < -0.3 is 14.8 Å². The first-order valence-electron chi connectivity index (χ1n) is 6.60. The normalized spacial score (nSPS) is 12.4. The van der Waals surface area contributed by atoms with Crippen molar-refractivity contribution in [3.8, 4) is 11.5 Å². The third-order valence-electron chi connectivity index (χ3n) is 3.22. The molecule has 108 valence electrons. The summed E-state index contributed by atoms with van der Waals surface area (Å²) < 4.78 is 10.6.